The van der Waals surface area contributed by atoms with Gasteiger partial charge in [0.1, 0.15) is 0 Å². The molecule has 0 radical (unpaired) electrons. The molecule has 1 heterocycles. The molecule has 0 saturated carbocycles. The van der Waals surface area contributed by atoms with E-state index in [1.807, 2.05) is 6.92 Å². The summed E-state index contributed by atoms with van der Waals surface area (Å²) in [6.45, 7) is 5.56. The van der Waals surface area contributed by atoms with Gasteiger partial charge in [-0.2, -0.15) is 4.98 Å². The highest BCUT2D eigenvalue weighted by atomic mass is 16.5. The second-order valence-corrected chi connectivity index (χ2v) is 4.02. The van der Waals surface area contributed by atoms with Crippen molar-refractivity contribution in [3.63, 3.8) is 0 Å². The lowest BCUT2D eigenvalue weighted by Crippen LogP contribution is -2.15. The Hall–Kier alpha value is -1.43. The molecule has 0 saturated heterocycles. The van der Waals surface area contributed by atoms with Gasteiger partial charge in [0.15, 0.2) is 5.82 Å². The molecule has 0 atom stereocenters. The minimum Gasteiger partial charge on any atom is -0.466 e. The summed E-state index contributed by atoms with van der Waals surface area (Å²) in [6.07, 6.45) is 3.42. The summed E-state index contributed by atoms with van der Waals surface area (Å²) in [5.41, 5.74) is 0. The number of carbonyl (C=O) groups excluding carboxylic acids is 1. The Morgan fingerprint density at radius 1 is 1.39 bits per heavy atom. The van der Waals surface area contributed by atoms with Crippen molar-refractivity contribution < 1.29 is 14.1 Å². The van der Waals surface area contributed by atoms with Gasteiger partial charge in [-0.05, 0) is 26.3 Å². The first-order chi connectivity index (χ1) is 8.72. The molecule has 1 N–H and O–H groups in total. The lowest BCUT2D eigenvalue weighted by molar-refractivity contribution is -0.143. The lowest BCUT2D eigenvalue weighted by Gasteiger charge is -2.02. The molecular weight excluding hydrogens is 234 g/mol. The number of ether oxygens (including phenoxy) is 1. The Kier molecular flexibility index (Phi) is 7.01. The van der Waals surface area contributed by atoms with Gasteiger partial charge in [-0.15, -0.1) is 0 Å². The second-order valence-electron chi connectivity index (χ2n) is 4.02. The molecule has 0 aliphatic rings. The zero-order valence-corrected chi connectivity index (χ0v) is 11.1. The highest BCUT2D eigenvalue weighted by Gasteiger charge is 2.02. The molecule has 1 aromatic rings. The van der Waals surface area contributed by atoms with E-state index in [9.17, 15) is 4.79 Å². The Morgan fingerprint density at radius 2 is 2.22 bits per heavy atom. The predicted octanol–water partition coefficient (Wildman–Crippen LogP) is 1.59. The van der Waals surface area contributed by atoms with Crippen molar-refractivity contribution >= 4 is 5.97 Å². The number of hydrogen-bond acceptors (Lipinski definition) is 6. The minimum atomic E-state index is -0.104. The number of carbonyl (C=O) groups is 1. The van der Waals surface area contributed by atoms with Crippen LogP contribution in [0, 0.1) is 6.92 Å². The molecule has 0 aliphatic carbocycles. The Morgan fingerprint density at radius 3 is 2.89 bits per heavy atom. The fraction of sp³-hybridized carbons (Fsp3) is 0.750. The number of rotatable bonds is 9. The smallest absolute Gasteiger partial charge is 0.305 e. The predicted molar refractivity (Wildman–Crippen MR) is 65.8 cm³/mol. The molecule has 0 unspecified atom stereocenters. The topological polar surface area (TPSA) is 77.2 Å². The summed E-state index contributed by atoms with van der Waals surface area (Å²) in [7, 11) is 0. The molecule has 18 heavy (non-hydrogen) atoms. The first kappa shape index (κ1) is 14.6. The maximum atomic E-state index is 11.1. The van der Waals surface area contributed by atoms with Gasteiger partial charge in [0.25, 0.3) is 0 Å². The van der Waals surface area contributed by atoms with E-state index in [1.165, 1.54) is 0 Å². The van der Waals surface area contributed by atoms with Gasteiger partial charge in [-0.25, -0.2) is 0 Å². The third-order valence-corrected chi connectivity index (χ3v) is 2.39. The molecule has 0 aromatic carbocycles. The van der Waals surface area contributed by atoms with E-state index in [1.54, 1.807) is 6.92 Å². The van der Waals surface area contributed by atoms with Crippen molar-refractivity contribution in [1.29, 1.82) is 0 Å². The Balaban J connectivity index is 1.91. The van der Waals surface area contributed by atoms with Crippen molar-refractivity contribution in [2.45, 2.75) is 46.1 Å². The zero-order chi connectivity index (χ0) is 13.2. The molecule has 1 rings (SSSR count). The molecule has 0 bridgehead atoms. The van der Waals surface area contributed by atoms with Gasteiger partial charge in [-0.1, -0.05) is 11.6 Å². The maximum Gasteiger partial charge on any atom is 0.305 e. The standard InChI is InChI=1S/C12H21N3O3/c1-3-17-12(16)7-5-4-6-8-13-9-11-14-10(2)18-15-11/h13H,3-9H2,1-2H3. The molecule has 0 aliphatic heterocycles. The Labute approximate surface area is 107 Å². The van der Waals surface area contributed by atoms with Gasteiger partial charge in [0.2, 0.25) is 5.89 Å². The summed E-state index contributed by atoms with van der Waals surface area (Å²) >= 11 is 0. The quantitative estimate of drug-likeness (QED) is 0.533. The summed E-state index contributed by atoms with van der Waals surface area (Å²) in [4.78, 5) is 15.1. The number of aromatic nitrogens is 2. The summed E-state index contributed by atoms with van der Waals surface area (Å²) in [5.74, 6) is 1.16. The number of unbranched alkanes of at least 4 members (excludes halogenated alkanes) is 2. The summed E-state index contributed by atoms with van der Waals surface area (Å²) in [6, 6.07) is 0. The van der Waals surface area contributed by atoms with E-state index in [-0.39, 0.29) is 5.97 Å². The molecular formula is C12H21N3O3. The zero-order valence-electron chi connectivity index (χ0n) is 11.1. The van der Waals surface area contributed by atoms with E-state index in [4.69, 9.17) is 9.26 Å². The van der Waals surface area contributed by atoms with Crippen LogP contribution >= 0.6 is 0 Å². The van der Waals surface area contributed by atoms with E-state index in [2.05, 4.69) is 15.5 Å². The van der Waals surface area contributed by atoms with Crippen LogP contribution in [-0.2, 0) is 16.1 Å². The van der Waals surface area contributed by atoms with Gasteiger partial charge in [0, 0.05) is 13.3 Å². The first-order valence-corrected chi connectivity index (χ1v) is 6.38. The number of nitrogens with one attached hydrogen (secondary N) is 1. The second kappa shape index (κ2) is 8.63. The summed E-state index contributed by atoms with van der Waals surface area (Å²) < 4.78 is 9.71. The molecule has 0 spiro atoms. The minimum absolute atomic E-state index is 0.104. The van der Waals surface area contributed by atoms with Crippen LogP contribution < -0.4 is 5.32 Å². The lowest BCUT2D eigenvalue weighted by atomic mass is 10.2. The number of esters is 1. The third kappa shape index (κ3) is 6.34. The molecule has 6 nitrogen and oxygen atoms in total. The fourth-order valence-electron chi connectivity index (χ4n) is 1.54. The van der Waals surface area contributed by atoms with E-state index in [0.717, 1.165) is 25.8 Å². The van der Waals surface area contributed by atoms with Crippen molar-refractivity contribution in [1.82, 2.24) is 15.5 Å². The van der Waals surface area contributed by atoms with Crippen LogP contribution in [0.2, 0.25) is 0 Å². The first-order valence-electron chi connectivity index (χ1n) is 6.38. The number of hydrogen-bond donors (Lipinski definition) is 1. The molecule has 1 aromatic heterocycles. The molecule has 0 fully saturated rings. The number of aryl methyl sites for hydroxylation is 1. The maximum absolute atomic E-state index is 11.1. The van der Waals surface area contributed by atoms with Crippen molar-refractivity contribution in [3.05, 3.63) is 11.7 Å². The molecule has 0 amide bonds. The van der Waals surface area contributed by atoms with Crippen molar-refractivity contribution in [2.24, 2.45) is 0 Å². The van der Waals surface area contributed by atoms with Crippen LogP contribution in [0.1, 0.15) is 44.3 Å². The van der Waals surface area contributed by atoms with Gasteiger partial charge < -0.3 is 14.6 Å². The van der Waals surface area contributed by atoms with Crippen molar-refractivity contribution in [3.8, 4) is 0 Å². The summed E-state index contributed by atoms with van der Waals surface area (Å²) in [5, 5.41) is 7.01. The Bertz CT molecular complexity index is 352. The molecule has 102 valence electrons. The number of nitrogens with zero attached hydrogens (tertiary/aromatic N) is 2. The highest BCUT2D eigenvalue weighted by molar-refractivity contribution is 5.69. The van der Waals surface area contributed by atoms with E-state index < -0.39 is 0 Å². The van der Waals surface area contributed by atoms with Crippen LogP contribution in [0.25, 0.3) is 0 Å². The van der Waals surface area contributed by atoms with Crippen LogP contribution in [-0.4, -0.2) is 29.3 Å². The highest BCUT2D eigenvalue weighted by Crippen LogP contribution is 2.01. The van der Waals surface area contributed by atoms with Crippen LogP contribution in [0.15, 0.2) is 4.52 Å². The van der Waals surface area contributed by atoms with Gasteiger partial charge >= 0.3 is 5.97 Å². The fourth-order valence-corrected chi connectivity index (χ4v) is 1.54. The van der Waals surface area contributed by atoms with E-state index >= 15 is 0 Å². The monoisotopic (exact) mass is 255 g/mol. The van der Waals surface area contributed by atoms with Crippen LogP contribution in [0.3, 0.4) is 0 Å². The van der Waals surface area contributed by atoms with E-state index in [0.29, 0.717) is 31.3 Å². The largest absolute Gasteiger partial charge is 0.466 e. The SMILES string of the molecule is CCOC(=O)CCCCCNCc1noc(C)n1. The average Bonchev–Trinajstić information content (AvgIpc) is 2.74. The average molecular weight is 255 g/mol. The normalized spacial score (nSPS) is 10.6. The van der Waals surface area contributed by atoms with Crippen LogP contribution in [0.4, 0.5) is 0 Å². The van der Waals surface area contributed by atoms with Gasteiger partial charge in [0.05, 0.1) is 13.2 Å². The third-order valence-electron chi connectivity index (χ3n) is 2.39. The van der Waals surface area contributed by atoms with Crippen molar-refractivity contribution in [2.75, 3.05) is 13.2 Å². The van der Waals surface area contributed by atoms with Gasteiger partial charge in [-0.3, -0.25) is 4.79 Å². The molecule has 6 heteroatoms. The van der Waals surface area contributed by atoms with Crippen LogP contribution in [0.5, 0.6) is 0 Å².